The van der Waals surface area contributed by atoms with Crippen LogP contribution in [0.15, 0.2) is 72.0 Å². The number of aliphatic imine (C=N–C) groups is 1. The largest absolute Gasteiger partial charge is 0.573 e. The molecule has 4 aromatic rings. The van der Waals surface area contributed by atoms with E-state index in [9.17, 15) is 22.8 Å². The number of aromatic nitrogens is 3. The first kappa shape index (κ1) is 31.5. The van der Waals surface area contributed by atoms with Crippen LogP contribution in [0, 0.1) is 13.8 Å². The summed E-state index contributed by atoms with van der Waals surface area (Å²) in [4.78, 5) is 35.2. The molecule has 11 nitrogen and oxygen atoms in total. The van der Waals surface area contributed by atoms with Gasteiger partial charge in [0.1, 0.15) is 17.8 Å². The third-order valence-corrected chi connectivity index (χ3v) is 7.38. The number of halogens is 3. The molecule has 0 saturated carbocycles. The lowest BCUT2D eigenvalue weighted by atomic mass is 10.1. The molecule has 0 radical (unpaired) electrons. The van der Waals surface area contributed by atoms with Crippen molar-refractivity contribution in [3.63, 3.8) is 0 Å². The van der Waals surface area contributed by atoms with E-state index >= 15 is 0 Å². The Kier molecular flexibility index (Phi) is 9.39. The molecule has 3 amide bonds. The van der Waals surface area contributed by atoms with Gasteiger partial charge in [-0.25, -0.2) is 14.5 Å². The fraction of sp³-hybridized carbons (Fsp3) is 0.233. The number of amidine groups is 1. The van der Waals surface area contributed by atoms with Crippen LogP contribution in [0.3, 0.4) is 0 Å². The molecule has 1 N–H and O–H groups in total. The number of nitrogens with one attached hydrogen (secondary N) is 1. The summed E-state index contributed by atoms with van der Waals surface area (Å²) in [5.41, 5.74) is 4.29. The van der Waals surface area contributed by atoms with Crippen LogP contribution in [0.2, 0.25) is 0 Å². The monoisotopic (exact) mass is 640 g/mol. The smallest absolute Gasteiger partial charge is 0.473 e. The van der Waals surface area contributed by atoms with Crippen LogP contribution in [0.4, 0.5) is 23.7 Å². The maximum Gasteiger partial charge on any atom is 0.573 e. The molecule has 3 aromatic carbocycles. The highest BCUT2D eigenvalue weighted by atomic mass is 32.2. The number of aryl methyl sites for hydroxylation is 2. The zero-order valence-electron chi connectivity index (χ0n) is 24.3. The summed E-state index contributed by atoms with van der Waals surface area (Å²) in [6.45, 7) is 3.85. The summed E-state index contributed by atoms with van der Waals surface area (Å²) >= 11 is 1.17. The first-order valence-electron chi connectivity index (χ1n) is 13.4. The number of urea groups is 1. The third-order valence-electron chi connectivity index (χ3n) is 6.46. The van der Waals surface area contributed by atoms with Gasteiger partial charge in [-0.05, 0) is 73.5 Å². The normalized spacial score (nSPS) is 14.2. The molecular weight excluding hydrogens is 613 g/mol. The maximum absolute atomic E-state index is 12.7. The Bertz CT molecular complexity index is 1740. The van der Waals surface area contributed by atoms with Gasteiger partial charge in [-0.3, -0.25) is 9.69 Å². The van der Waals surface area contributed by atoms with Crippen molar-refractivity contribution < 1.29 is 37.0 Å². The van der Waals surface area contributed by atoms with Crippen LogP contribution in [0.5, 0.6) is 11.5 Å². The van der Waals surface area contributed by atoms with Crippen molar-refractivity contribution in [3.8, 4) is 28.6 Å². The number of rotatable bonds is 9. The fourth-order valence-electron chi connectivity index (χ4n) is 4.41. The van der Waals surface area contributed by atoms with Crippen molar-refractivity contribution >= 4 is 34.6 Å². The van der Waals surface area contributed by atoms with Gasteiger partial charge in [-0.1, -0.05) is 23.9 Å². The number of ether oxygens (including phenoxy) is 3. The summed E-state index contributed by atoms with van der Waals surface area (Å²) in [5, 5.41) is 7.25. The average molecular weight is 641 g/mol. The van der Waals surface area contributed by atoms with Crippen LogP contribution in [-0.2, 0) is 16.1 Å². The number of hydrogen-bond donors (Lipinski definition) is 1. The van der Waals surface area contributed by atoms with Crippen molar-refractivity contribution in [2.24, 2.45) is 4.99 Å². The van der Waals surface area contributed by atoms with E-state index in [0.717, 1.165) is 16.7 Å². The SMILES string of the molecule is COCc1ccc(C)cc1N1C(=O)CS/C1=N\C(=O)NCOc1ccc(-c2ncn(-c3ccc(OC(F)(F)F)cc3)n2)cc1C. The second-order valence-corrected chi connectivity index (χ2v) is 10.7. The van der Waals surface area contributed by atoms with Crippen LogP contribution in [-0.4, -0.2) is 57.8 Å². The highest BCUT2D eigenvalue weighted by Crippen LogP contribution is 2.31. The quantitative estimate of drug-likeness (QED) is 0.229. The average Bonchev–Trinajstić information content (AvgIpc) is 3.62. The van der Waals surface area contributed by atoms with E-state index < -0.39 is 12.4 Å². The number of carbonyl (C=O) groups is 2. The molecule has 0 bridgehead atoms. The highest BCUT2D eigenvalue weighted by molar-refractivity contribution is 8.15. The Morgan fingerprint density at radius 2 is 1.87 bits per heavy atom. The van der Waals surface area contributed by atoms with Gasteiger partial charge in [0, 0.05) is 18.2 Å². The summed E-state index contributed by atoms with van der Waals surface area (Å²) in [6.07, 6.45) is -3.33. The molecule has 1 fully saturated rings. The number of amides is 3. The molecule has 1 aliphatic heterocycles. The number of nitrogens with zero attached hydrogens (tertiary/aromatic N) is 5. The Balaban J connectivity index is 1.20. The maximum atomic E-state index is 12.7. The highest BCUT2D eigenvalue weighted by Gasteiger charge is 2.32. The van der Waals surface area contributed by atoms with Crippen LogP contribution >= 0.6 is 11.8 Å². The van der Waals surface area contributed by atoms with Gasteiger partial charge < -0.3 is 19.5 Å². The van der Waals surface area contributed by atoms with Crippen molar-refractivity contribution in [2.75, 3.05) is 24.5 Å². The Morgan fingerprint density at radius 3 is 2.58 bits per heavy atom. The van der Waals surface area contributed by atoms with E-state index in [1.807, 2.05) is 32.0 Å². The van der Waals surface area contributed by atoms with E-state index in [1.54, 1.807) is 25.3 Å². The molecule has 2 heterocycles. The molecule has 0 atom stereocenters. The van der Waals surface area contributed by atoms with Crippen LogP contribution in [0.25, 0.3) is 17.1 Å². The number of hydrogen-bond acceptors (Lipinski definition) is 8. The first-order chi connectivity index (χ1) is 21.5. The predicted octanol–water partition coefficient (Wildman–Crippen LogP) is 5.78. The zero-order valence-corrected chi connectivity index (χ0v) is 25.1. The van der Waals surface area contributed by atoms with Gasteiger partial charge in [-0.15, -0.1) is 18.3 Å². The molecule has 5 rings (SSSR count). The molecule has 1 aliphatic rings. The summed E-state index contributed by atoms with van der Waals surface area (Å²) < 4.78 is 53.6. The number of anilines is 1. The molecule has 45 heavy (non-hydrogen) atoms. The number of carbonyl (C=O) groups excluding carboxylic acids is 2. The van der Waals surface area contributed by atoms with Crippen LogP contribution < -0.4 is 19.7 Å². The van der Waals surface area contributed by atoms with Crippen LogP contribution in [0.1, 0.15) is 16.7 Å². The molecule has 15 heteroatoms. The Hall–Kier alpha value is -4.89. The van der Waals surface area contributed by atoms with Crippen molar-refractivity contribution in [1.29, 1.82) is 0 Å². The molecule has 0 spiro atoms. The summed E-state index contributed by atoms with van der Waals surface area (Å²) in [7, 11) is 1.57. The minimum Gasteiger partial charge on any atom is -0.473 e. The number of benzene rings is 3. The van der Waals surface area contributed by atoms with E-state index in [1.165, 1.54) is 51.9 Å². The minimum atomic E-state index is -4.77. The number of methoxy groups -OCH3 is 1. The lowest BCUT2D eigenvalue weighted by molar-refractivity contribution is -0.274. The second-order valence-electron chi connectivity index (χ2n) is 9.78. The van der Waals surface area contributed by atoms with E-state index in [-0.39, 0.29) is 29.3 Å². The van der Waals surface area contributed by atoms with Gasteiger partial charge in [0.2, 0.25) is 5.91 Å². The minimum absolute atomic E-state index is 0.158. The van der Waals surface area contributed by atoms with Crippen molar-refractivity contribution in [3.05, 3.63) is 83.7 Å². The van der Waals surface area contributed by atoms with E-state index in [2.05, 4.69) is 25.1 Å². The van der Waals surface area contributed by atoms with Gasteiger partial charge in [0.15, 0.2) is 17.7 Å². The first-order valence-corrected chi connectivity index (χ1v) is 14.4. The number of thioether (sulfide) groups is 1. The Labute approximate surface area is 260 Å². The molecule has 0 unspecified atom stereocenters. The number of alkyl halides is 3. The molecular formula is C30H27F3N6O5S. The van der Waals surface area contributed by atoms with Crippen molar-refractivity contribution in [2.45, 2.75) is 26.8 Å². The summed E-state index contributed by atoms with van der Waals surface area (Å²) in [6, 6.07) is 15.5. The fourth-order valence-corrected chi connectivity index (χ4v) is 5.27. The lowest BCUT2D eigenvalue weighted by Gasteiger charge is -2.20. The van der Waals surface area contributed by atoms with Gasteiger partial charge in [0.05, 0.1) is 23.7 Å². The van der Waals surface area contributed by atoms with E-state index in [0.29, 0.717) is 35.1 Å². The second kappa shape index (κ2) is 13.4. The molecule has 1 aromatic heterocycles. The molecule has 234 valence electrons. The summed E-state index contributed by atoms with van der Waals surface area (Å²) in [5.74, 6) is 0.524. The third kappa shape index (κ3) is 7.80. The lowest BCUT2D eigenvalue weighted by Crippen LogP contribution is -2.33. The van der Waals surface area contributed by atoms with Crippen molar-refractivity contribution in [1.82, 2.24) is 20.1 Å². The predicted molar refractivity (Wildman–Crippen MR) is 162 cm³/mol. The van der Waals surface area contributed by atoms with Gasteiger partial charge in [-0.2, -0.15) is 4.99 Å². The van der Waals surface area contributed by atoms with E-state index in [4.69, 9.17) is 9.47 Å². The topological polar surface area (TPSA) is 120 Å². The zero-order chi connectivity index (χ0) is 32.1. The molecule has 1 saturated heterocycles. The molecule has 0 aliphatic carbocycles. The van der Waals surface area contributed by atoms with Gasteiger partial charge in [0.25, 0.3) is 0 Å². The standard InChI is InChI=1S/C30H27F3N6O5S/c1-18-4-5-21(14-42-3)24(12-18)39-26(40)15-45-29(39)36-28(41)35-17-43-25-11-6-20(13-19(25)2)27-34-16-38(37-27)22-7-9-23(10-8-22)44-30(31,32)33/h4-13,16H,14-15,17H2,1-3H3,(H,35,41)/b36-29-. The van der Waals surface area contributed by atoms with Gasteiger partial charge >= 0.3 is 12.4 Å². The Morgan fingerprint density at radius 1 is 1.09 bits per heavy atom.